The van der Waals surface area contributed by atoms with Crippen LogP contribution in [0.1, 0.15) is 10.6 Å². The largest absolute Gasteiger partial charge is 0.459 e. The molecule has 2 aromatic heterocycles. The van der Waals surface area contributed by atoms with E-state index in [9.17, 15) is 9.59 Å². The molecule has 0 bridgehead atoms. The zero-order valence-corrected chi connectivity index (χ0v) is 16.4. The van der Waals surface area contributed by atoms with Crippen LogP contribution in [0.4, 0.5) is 17.1 Å². The molecule has 0 spiro atoms. The van der Waals surface area contributed by atoms with Crippen LogP contribution < -0.4 is 16.0 Å². The highest BCUT2D eigenvalue weighted by atomic mass is 35.5. The topological polar surface area (TPSA) is 109 Å². The van der Waals surface area contributed by atoms with Gasteiger partial charge < -0.3 is 20.4 Å². The number of fused-ring (bicyclic) bond motifs is 1. The Balaban J connectivity index is 1.44. The van der Waals surface area contributed by atoms with Crippen molar-refractivity contribution < 1.29 is 14.0 Å². The Morgan fingerprint density at radius 2 is 1.90 bits per heavy atom. The second-order valence-corrected chi connectivity index (χ2v) is 6.93. The lowest BCUT2D eigenvalue weighted by Gasteiger charge is -2.13. The van der Waals surface area contributed by atoms with Crippen molar-refractivity contribution in [1.82, 2.24) is 8.75 Å². The van der Waals surface area contributed by atoms with Gasteiger partial charge in [0.05, 0.1) is 41.6 Å². The number of hydrogen-bond donors (Lipinski definition) is 3. The Bertz CT molecular complexity index is 1180. The molecule has 0 unspecified atom stereocenters. The van der Waals surface area contributed by atoms with Crippen molar-refractivity contribution in [3.63, 3.8) is 0 Å². The van der Waals surface area contributed by atoms with E-state index in [0.717, 1.165) is 17.2 Å². The maximum absolute atomic E-state index is 12.4. The molecule has 2 heterocycles. The van der Waals surface area contributed by atoms with Crippen molar-refractivity contribution in [2.24, 2.45) is 0 Å². The Labute approximate surface area is 174 Å². The van der Waals surface area contributed by atoms with Gasteiger partial charge in [-0.1, -0.05) is 17.7 Å². The van der Waals surface area contributed by atoms with Crippen LogP contribution in [0.2, 0.25) is 5.02 Å². The zero-order valence-electron chi connectivity index (χ0n) is 14.8. The molecular weight excluding hydrogens is 414 g/mol. The van der Waals surface area contributed by atoms with E-state index in [2.05, 4.69) is 24.7 Å². The normalized spacial score (nSPS) is 10.7. The summed E-state index contributed by atoms with van der Waals surface area (Å²) in [7, 11) is 0. The van der Waals surface area contributed by atoms with Crippen molar-refractivity contribution in [2.75, 3.05) is 22.5 Å². The lowest BCUT2D eigenvalue weighted by atomic mass is 10.2. The Hall–Kier alpha value is -3.43. The smallest absolute Gasteiger partial charge is 0.291 e. The van der Waals surface area contributed by atoms with Crippen LogP contribution in [0.25, 0.3) is 11.0 Å². The monoisotopic (exact) mass is 427 g/mol. The summed E-state index contributed by atoms with van der Waals surface area (Å²) in [6.07, 6.45) is 1.41. The molecule has 146 valence electrons. The van der Waals surface area contributed by atoms with Crippen LogP contribution >= 0.6 is 23.3 Å². The molecule has 0 saturated carbocycles. The van der Waals surface area contributed by atoms with Crippen molar-refractivity contribution in [1.29, 1.82) is 0 Å². The number of halogens is 1. The number of nitrogens with one attached hydrogen (secondary N) is 3. The molecule has 10 heteroatoms. The number of furan rings is 1. The van der Waals surface area contributed by atoms with E-state index in [4.69, 9.17) is 16.0 Å². The van der Waals surface area contributed by atoms with E-state index < -0.39 is 5.91 Å². The van der Waals surface area contributed by atoms with Crippen molar-refractivity contribution >= 4 is 63.2 Å². The fraction of sp³-hybridized carbons (Fsp3) is 0.0526. The first-order chi connectivity index (χ1) is 14.1. The maximum atomic E-state index is 12.4. The minimum absolute atomic E-state index is 0.0286. The van der Waals surface area contributed by atoms with Gasteiger partial charge in [-0.3, -0.25) is 9.59 Å². The first-order valence-corrected chi connectivity index (χ1v) is 9.60. The molecule has 0 radical (unpaired) electrons. The molecular formula is C19H14ClN5O3S. The molecule has 4 aromatic rings. The molecule has 0 aliphatic carbocycles. The highest BCUT2D eigenvalue weighted by Gasteiger charge is 2.13. The standard InChI is InChI=1S/C19H14ClN5O3S/c20-11-6-7-12(15(9-11)23-19(27)16-5-2-8-28-16)21-10-17(26)22-13-3-1-4-14-18(13)25-29-24-14/h1-9,21H,10H2,(H,22,26)(H,23,27). The van der Waals surface area contributed by atoms with Crippen molar-refractivity contribution in [3.8, 4) is 0 Å². The van der Waals surface area contributed by atoms with E-state index in [1.54, 1.807) is 42.5 Å². The average Bonchev–Trinajstić information content (AvgIpc) is 3.40. The first kappa shape index (κ1) is 18.9. The van der Waals surface area contributed by atoms with E-state index in [1.807, 2.05) is 6.07 Å². The molecule has 4 rings (SSSR count). The number of anilines is 3. The van der Waals surface area contributed by atoms with Crippen LogP contribution in [-0.2, 0) is 4.79 Å². The lowest BCUT2D eigenvalue weighted by molar-refractivity contribution is -0.114. The van der Waals surface area contributed by atoms with Crippen LogP contribution in [0, 0.1) is 0 Å². The molecule has 3 N–H and O–H groups in total. The fourth-order valence-electron chi connectivity index (χ4n) is 2.64. The zero-order chi connectivity index (χ0) is 20.2. The fourth-order valence-corrected chi connectivity index (χ4v) is 3.36. The van der Waals surface area contributed by atoms with Gasteiger partial charge in [-0.05, 0) is 42.5 Å². The van der Waals surface area contributed by atoms with Crippen molar-refractivity contribution in [2.45, 2.75) is 0 Å². The van der Waals surface area contributed by atoms with Gasteiger partial charge in [0.15, 0.2) is 5.76 Å². The molecule has 8 nitrogen and oxygen atoms in total. The summed E-state index contributed by atoms with van der Waals surface area (Å²) in [5, 5.41) is 8.97. The van der Waals surface area contributed by atoms with Crippen LogP contribution in [-0.4, -0.2) is 27.1 Å². The third kappa shape index (κ3) is 4.36. The second kappa shape index (κ2) is 8.29. The number of rotatable bonds is 6. The van der Waals surface area contributed by atoms with Gasteiger partial charge in [0.25, 0.3) is 5.91 Å². The third-order valence-electron chi connectivity index (χ3n) is 3.97. The third-order valence-corrected chi connectivity index (χ3v) is 4.75. The van der Waals surface area contributed by atoms with Gasteiger partial charge in [0.2, 0.25) is 5.91 Å². The van der Waals surface area contributed by atoms with Gasteiger partial charge in [-0.15, -0.1) is 0 Å². The summed E-state index contributed by atoms with van der Waals surface area (Å²) in [5.41, 5.74) is 2.92. The lowest BCUT2D eigenvalue weighted by Crippen LogP contribution is -2.22. The maximum Gasteiger partial charge on any atom is 0.291 e. The molecule has 2 amide bonds. The Morgan fingerprint density at radius 3 is 2.72 bits per heavy atom. The highest BCUT2D eigenvalue weighted by Crippen LogP contribution is 2.26. The van der Waals surface area contributed by atoms with Gasteiger partial charge in [-0.25, -0.2) is 0 Å². The predicted octanol–water partition coefficient (Wildman–Crippen LogP) is 4.24. The van der Waals surface area contributed by atoms with E-state index in [-0.39, 0.29) is 18.2 Å². The Morgan fingerprint density at radius 1 is 1.00 bits per heavy atom. The number of benzene rings is 2. The molecule has 0 saturated heterocycles. The van der Waals surface area contributed by atoms with Crippen LogP contribution in [0.5, 0.6) is 0 Å². The summed E-state index contributed by atoms with van der Waals surface area (Å²) in [4.78, 5) is 24.6. The van der Waals surface area contributed by atoms with E-state index in [0.29, 0.717) is 27.6 Å². The number of amides is 2. The predicted molar refractivity (Wildman–Crippen MR) is 113 cm³/mol. The summed E-state index contributed by atoms with van der Waals surface area (Å²) >= 11 is 7.13. The van der Waals surface area contributed by atoms with Crippen molar-refractivity contribution in [3.05, 3.63) is 65.6 Å². The van der Waals surface area contributed by atoms with Gasteiger partial charge in [-0.2, -0.15) is 8.75 Å². The number of carbonyl (C=O) groups is 2. The minimum atomic E-state index is -0.424. The van der Waals surface area contributed by atoms with Crippen LogP contribution in [0.15, 0.2) is 59.2 Å². The number of nitrogens with zero attached hydrogens (tertiary/aromatic N) is 2. The summed E-state index contributed by atoms with van der Waals surface area (Å²) < 4.78 is 13.4. The SMILES string of the molecule is O=C(CNc1ccc(Cl)cc1NC(=O)c1ccco1)Nc1cccc2nsnc12. The van der Waals surface area contributed by atoms with Gasteiger partial charge in [0.1, 0.15) is 11.0 Å². The van der Waals surface area contributed by atoms with Gasteiger partial charge >= 0.3 is 0 Å². The van der Waals surface area contributed by atoms with Crippen LogP contribution in [0.3, 0.4) is 0 Å². The number of carbonyl (C=O) groups excluding carboxylic acids is 2. The second-order valence-electron chi connectivity index (χ2n) is 5.96. The number of hydrogen-bond acceptors (Lipinski definition) is 7. The molecule has 29 heavy (non-hydrogen) atoms. The van der Waals surface area contributed by atoms with E-state index in [1.165, 1.54) is 6.26 Å². The molecule has 0 aliphatic heterocycles. The summed E-state index contributed by atoms with van der Waals surface area (Å²) in [6.45, 7) is -0.0286. The summed E-state index contributed by atoms with van der Waals surface area (Å²) in [6, 6.07) is 13.5. The molecule has 0 aliphatic rings. The number of aromatic nitrogens is 2. The van der Waals surface area contributed by atoms with E-state index >= 15 is 0 Å². The molecule has 0 fully saturated rings. The quantitative estimate of drug-likeness (QED) is 0.424. The molecule has 0 atom stereocenters. The average molecular weight is 428 g/mol. The minimum Gasteiger partial charge on any atom is -0.459 e. The molecule has 2 aromatic carbocycles. The highest BCUT2D eigenvalue weighted by molar-refractivity contribution is 7.00. The van der Waals surface area contributed by atoms with Gasteiger partial charge in [0, 0.05) is 5.02 Å². The first-order valence-electron chi connectivity index (χ1n) is 8.49. The summed E-state index contributed by atoms with van der Waals surface area (Å²) in [5.74, 6) is -0.533. The Kier molecular flexibility index (Phi) is 5.41.